The first-order valence-electron chi connectivity index (χ1n) is 20.5. The number of hydrogen-bond acceptors (Lipinski definition) is 2. The van der Waals surface area contributed by atoms with Crippen molar-refractivity contribution in [2.24, 2.45) is 10.9 Å². The van der Waals surface area contributed by atoms with Gasteiger partial charge < -0.3 is 0 Å². The van der Waals surface area contributed by atoms with E-state index in [1.54, 1.807) is 0 Å². The Morgan fingerprint density at radius 2 is 0.931 bits per heavy atom. The van der Waals surface area contributed by atoms with E-state index in [2.05, 4.69) is 207 Å². The Bertz CT molecular complexity index is 3040. The molecule has 3 atom stereocenters. The topological polar surface area (TPSA) is 25.2 Å². The molecule has 1 aliphatic rings. The Labute approximate surface area is 340 Å². The van der Waals surface area contributed by atoms with Gasteiger partial charge in [-0.2, -0.15) is 0 Å². The SMILES string of the molecule is CC1CC=c2cc(-c3ccc(-c4ccccc4)c4ccccc34)cc(-c3ccc(-c4ccccc4)c4ccccc34)c2=NC1C(C)c1ccc(-c2ccncc2)cc1. The molecule has 0 aliphatic carbocycles. The van der Waals surface area contributed by atoms with Gasteiger partial charge in [0.25, 0.3) is 0 Å². The van der Waals surface area contributed by atoms with Crippen molar-refractivity contribution in [3.63, 3.8) is 0 Å². The van der Waals surface area contributed by atoms with Crippen molar-refractivity contribution < 1.29 is 0 Å². The largest absolute Gasteiger partial charge is 0.280 e. The second-order valence-electron chi connectivity index (χ2n) is 15.8. The standard InChI is InChI=1S/C56H44N2/c1-37-21-22-44-35-45(48-28-27-46(42-13-5-3-6-14-42)49-17-9-10-19-51(48)49)36-54(53-30-29-47(43-15-7-4-8-16-43)50-18-11-12-20-52(50)53)56(44)58-55(37)38(2)39-23-25-40(26-24-39)41-31-33-57-34-32-41/h3-20,22-38,55H,21H2,1-2H3. The molecule has 1 aliphatic heterocycles. The summed E-state index contributed by atoms with van der Waals surface area (Å²) in [5.41, 5.74) is 13.4. The van der Waals surface area contributed by atoms with Crippen molar-refractivity contribution in [1.29, 1.82) is 0 Å². The van der Waals surface area contributed by atoms with Crippen LogP contribution in [0.25, 0.3) is 83.3 Å². The zero-order valence-corrected chi connectivity index (χ0v) is 32.9. The number of fused-ring (bicyclic) bond motifs is 3. The predicted octanol–water partition coefficient (Wildman–Crippen LogP) is 13.3. The van der Waals surface area contributed by atoms with Gasteiger partial charge in [0.2, 0.25) is 0 Å². The highest BCUT2D eigenvalue weighted by Crippen LogP contribution is 2.39. The number of nitrogens with zero attached hydrogens (tertiary/aromatic N) is 2. The molecule has 0 radical (unpaired) electrons. The Morgan fingerprint density at radius 3 is 1.50 bits per heavy atom. The van der Waals surface area contributed by atoms with Crippen LogP contribution in [0.2, 0.25) is 0 Å². The van der Waals surface area contributed by atoms with Crippen LogP contribution in [0.1, 0.15) is 31.7 Å². The smallest absolute Gasteiger partial charge is 0.0726 e. The van der Waals surface area contributed by atoms with Crippen LogP contribution in [-0.4, -0.2) is 11.0 Å². The lowest BCUT2D eigenvalue weighted by atomic mass is 9.84. The van der Waals surface area contributed by atoms with Gasteiger partial charge in [-0.1, -0.05) is 178 Å². The second kappa shape index (κ2) is 15.2. The molecule has 9 aromatic rings. The summed E-state index contributed by atoms with van der Waals surface area (Å²) >= 11 is 0. The van der Waals surface area contributed by atoms with Crippen LogP contribution in [0.3, 0.4) is 0 Å². The highest BCUT2D eigenvalue weighted by molar-refractivity contribution is 6.07. The Kier molecular flexibility index (Phi) is 9.31. The Hall–Kier alpha value is -6.90. The molecular formula is C56H44N2. The maximum atomic E-state index is 5.85. The van der Waals surface area contributed by atoms with Gasteiger partial charge in [0.05, 0.1) is 11.4 Å². The predicted molar refractivity (Wildman–Crippen MR) is 244 cm³/mol. The molecule has 0 bridgehead atoms. The maximum Gasteiger partial charge on any atom is 0.0726 e. The van der Waals surface area contributed by atoms with Crippen LogP contribution in [0, 0.1) is 5.92 Å². The van der Waals surface area contributed by atoms with Gasteiger partial charge in [-0.15, -0.1) is 0 Å². The van der Waals surface area contributed by atoms with Gasteiger partial charge in [-0.3, -0.25) is 9.98 Å². The number of pyridine rings is 1. The molecule has 0 N–H and O–H groups in total. The number of benzene rings is 8. The van der Waals surface area contributed by atoms with E-state index >= 15 is 0 Å². The van der Waals surface area contributed by atoms with Crippen molar-refractivity contribution in [2.45, 2.75) is 32.2 Å². The molecule has 2 heteroatoms. The van der Waals surface area contributed by atoms with E-state index in [9.17, 15) is 0 Å². The van der Waals surface area contributed by atoms with E-state index in [1.807, 2.05) is 12.4 Å². The van der Waals surface area contributed by atoms with Crippen molar-refractivity contribution in [1.82, 2.24) is 4.98 Å². The molecule has 0 saturated heterocycles. The maximum absolute atomic E-state index is 5.85. The van der Waals surface area contributed by atoms with Crippen LogP contribution in [0.5, 0.6) is 0 Å². The molecule has 0 fully saturated rings. The van der Waals surface area contributed by atoms with E-state index in [0.717, 1.165) is 11.8 Å². The highest BCUT2D eigenvalue weighted by Gasteiger charge is 2.26. The van der Waals surface area contributed by atoms with E-state index in [-0.39, 0.29) is 12.0 Å². The van der Waals surface area contributed by atoms with Gasteiger partial charge in [0.1, 0.15) is 0 Å². The molecule has 3 unspecified atom stereocenters. The first kappa shape index (κ1) is 35.5. The summed E-state index contributed by atoms with van der Waals surface area (Å²) in [7, 11) is 0. The fourth-order valence-electron chi connectivity index (χ4n) is 9.19. The van der Waals surface area contributed by atoms with Gasteiger partial charge in [0.15, 0.2) is 0 Å². The average molecular weight is 745 g/mol. The number of aromatic nitrogens is 1. The third-order valence-electron chi connectivity index (χ3n) is 12.3. The summed E-state index contributed by atoms with van der Waals surface area (Å²) < 4.78 is 0. The lowest BCUT2D eigenvalue weighted by Gasteiger charge is -2.26. The lowest BCUT2D eigenvalue weighted by Crippen LogP contribution is -2.30. The third-order valence-corrected chi connectivity index (χ3v) is 12.3. The molecule has 2 heterocycles. The summed E-state index contributed by atoms with van der Waals surface area (Å²) in [4.78, 5) is 10.1. The molecule has 0 amide bonds. The molecule has 1 aromatic heterocycles. The minimum Gasteiger partial charge on any atom is -0.280 e. The molecule has 278 valence electrons. The van der Waals surface area contributed by atoms with Crippen molar-refractivity contribution in [2.75, 3.05) is 0 Å². The molecule has 10 rings (SSSR count). The zero-order valence-electron chi connectivity index (χ0n) is 32.9. The minimum atomic E-state index is 0.0923. The Balaban J connectivity index is 1.19. The van der Waals surface area contributed by atoms with E-state index < -0.39 is 0 Å². The highest BCUT2D eigenvalue weighted by atomic mass is 14.8. The van der Waals surface area contributed by atoms with Crippen molar-refractivity contribution >= 4 is 27.6 Å². The quantitative estimate of drug-likeness (QED) is 0.160. The van der Waals surface area contributed by atoms with Crippen LogP contribution >= 0.6 is 0 Å². The van der Waals surface area contributed by atoms with Crippen LogP contribution < -0.4 is 10.6 Å². The summed E-state index contributed by atoms with van der Waals surface area (Å²) in [6.07, 6.45) is 7.12. The average Bonchev–Trinajstić information content (AvgIpc) is 3.47. The Morgan fingerprint density at radius 1 is 0.448 bits per heavy atom. The normalized spacial score (nSPS) is 15.6. The molecular weight excluding hydrogens is 701 g/mol. The molecule has 8 aromatic carbocycles. The lowest BCUT2D eigenvalue weighted by molar-refractivity contribution is 0.413. The summed E-state index contributed by atoms with van der Waals surface area (Å²) in [6, 6.07) is 66.6. The molecule has 58 heavy (non-hydrogen) atoms. The minimum absolute atomic E-state index is 0.0923. The van der Waals surface area contributed by atoms with Crippen LogP contribution in [0.4, 0.5) is 0 Å². The van der Waals surface area contributed by atoms with Gasteiger partial charge in [-0.25, -0.2) is 0 Å². The van der Waals surface area contributed by atoms with Crippen LogP contribution in [-0.2, 0) is 0 Å². The van der Waals surface area contributed by atoms with Crippen molar-refractivity contribution in [3.05, 3.63) is 211 Å². The van der Waals surface area contributed by atoms with Gasteiger partial charge >= 0.3 is 0 Å². The first-order valence-corrected chi connectivity index (χ1v) is 20.5. The number of rotatable bonds is 7. The van der Waals surface area contributed by atoms with E-state index in [4.69, 9.17) is 4.99 Å². The van der Waals surface area contributed by atoms with Crippen molar-refractivity contribution in [3.8, 4) is 55.6 Å². The van der Waals surface area contributed by atoms with E-state index in [0.29, 0.717) is 5.92 Å². The third kappa shape index (κ3) is 6.51. The number of hydrogen-bond donors (Lipinski definition) is 0. The first-order chi connectivity index (χ1) is 28.6. The monoisotopic (exact) mass is 744 g/mol. The fraction of sp³-hybridized carbons (Fsp3) is 0.107. The van der Waals surface area contributed by atoms with Gasteiger partial charge in [-0.05, 0) is 119 Å². The second-order valence-corrected chi connectivity index (χ2v) is 15.8. The zero-order chi connectivity index (χ0) is 39.0. The summed E-state index contributed by atoms with van der Waals surface area (Å²) in [6.45, 7) is 4.73. The summed E-state index contributed by atoms with van der Waals surface area (Å²) in [5.74, 6) is 0.571. The molecule has 2 nitrogen and oxygen atoms in total. The summed E-state index contributed by atoms with van der Waals surface area (Å²) in [5, 5.41) is 7.27. The molecule has 0 spiro atoms. The molecule has 0 saturated carbocycles. The van der Waals surface area contributed by atoms with Gasteiger partial charge in [0, 0.05) is 23.9 Å². The van der Waals surface area contributed by atoms with Crippen LogP contribution in [0.15, 0.2) is 199 Å². The van der Waals surface area contributed by atoms with E-state index in [1.165, 1.54) is 88.0 Å². The fourth-order valence-corrected chi connectivity index (χ4v) is 9.19.